The molecule has 0 saturated heterocycles. The summed E-state index contributed by atoms with van der Waals surface area (Å²) >= 11 is 0. The molecule has 1 atom stereocenters. The van der Waals surface area contributed by atoms with Crippen LogP contribution in [0.1, 0.15) is 34.6 Å². The van der Waals surface area contributed by atoms with E-state index in [0.29, 0.717) is 0 Å². The Kier molecular flexibility index (Phi) is 5.15. The summed E-state index contributed by atoms with van der Waals surface area (Å²) in [6.45, 7) is 8.85. The Balaban J connectivity index is 4.45. The lowest BCUT2D eigenvalue weighted by Crippen LogP contribution is -2.22. The van der Waals surface area contributed by atoms with Crippen LogP contribution in [0, 0.1) is 0 Å². The summed E-state index contributed by atoms with van der Waals surface area (Å²) in [7, 11) is -3.13. The highest BCUT2D eigenvalue weighted by Crippen LogP contribution is 2.52. The lowest BCUT2D eigenvalue weighted by Gasteiger charge is -2.25. The van der Waals surface area contributed by atoms with Crippen LogP contribution in [-0.4, -0.2) is 18.0 Å². The standard InChI is InChI=1S/C8H20NO3P/c1-6(2)11-13(10,8(5)9)12-7(3)4/h6-8H,9H2,1-5H3/t8-/m0/s1. The quantitative estimate of drug-likeness (QED) is 0.706. The first-order chi connectivity index (χ1) is 5.78. The highest BCUT2D eigenvalue weighted by molar-refractivity contribution is 7.54. The van der Waals surface area contributed by atoms with Crippen LogP contribution in [0.15, 0.2) is 0 Å². The monoisotopic (exact) mass is 209 g/mol. The third-order valence-electron chi connectivity index (χ3n) is 1.21. The van der Waals surface area contributed by atoms with E-state index in [1.807, 2.05) is 0 Å². The van der Waals surface area contributed by atoms with Gasteiger partial charge in [-0.3, -0.25) is 4.57 Å². The van der Waals surface area contributed by atoms with Crippen LogP contribution in [0.4, 0.5) is 0 Å². The Morgan fingerprint density at radius 2 is 1.31 bits per heavy atom. The lowest BCUT2D eigenvalue weighted by molar-refractivity contribution is 0.137. The Morgan fingerprint density at radius 1 is 1.00 bits per heavy atom. The molecule has 0 amide bonds. The van der Waals surface area contributed by atoms with Gasteiger partial charge in [0.1, 0.15) is 5.78 Å². The SMILES string of the molecule is CC(C)OP(=O)(OC(C)C)[C@@H](C)N. The predicted octanol–water partition coefficient (Wildman–Crippen LogP) is 2.33. The zero-order valence-electron chi connectivity index (χ0n) is 8.98. The van der Waals surface area contributed by atoms with Gasteiger partial charge in [-0.05, 0) is 34.6 Å². The van der Waals surface area contributed by atoms with Crippen LogP contribution >= 0.6 is 7.60 Å². The first-order valence-corrected chi connectivity index (χ1v) is 6.11. The number of hydrogen-bond acceptors (Lipinski definition) is 4. The normalized spacial score (nSPS) is 15.4. The highest BCUT2D eigenvalue weighted by atomic mass is 31.2. The van der Waals surface area contributed by atoms with Crippen molar-refractivity contribution in [2.75, 3.05) is 0 Å². The van der Waals surface area contributed by atoms with Crippen molar-refractivity contribution in [1.29, 1.82) is 0 Å². The van der Waals surface area contributed by atoms with Crippen molar-refractivity contribution >= 4 is 7.60 Å². The van der Waals surface area contributed by atoms with Crippen molar-refractivity contribution in [3.05, 3.63) is 0 Å². The Labute approximate surface area is 80.3 Å². The molecule has 0 aromatic carbocycles. The van der Waals surface area contributed by atoms with E-state index in [-0.39, 0.29) is 12.2 Å². The third kappa shape index (κ3) is 4.77. The minimum absolute atomic E-state index is 0.143. The Morgan fingerprint density at radius 3 is 1.46 bits per heavy atom. The molecule has 0 rings (SSSR count). The summed E-state index contributed by atoms with van der Waals surface area (Å²) in [4.78, 5) is 0. The Hall–Kier alpha value is 0.110. The van der Waals surface area contributed by atoms with Crippen molar-refractivity contribution in [2.24, 2.45) is 5.73 Å². The maximum Gasteiger partial charge on any atom is 0.347 e. The van der Waals surface area contributed by atoms with E-state index in [1.54, 1.807) is 34.6 Å². The molecule has 0 aliphatic carbocycles. The van der Waals surface area contributed by atoms with Gasteiger partial charge in [0.15, 0.2) is 0 Å². The average molecular weight is 209 g/mol. The molecule has 0 aliphatic heterocycles. The van der Waals surface area contributed by atoms with Crippen molar-refractivity contribution in [3.63, 3.8) is 0 Å². The van der Waals surface area contributed by atoms with Gasteiger partial charge in [0.25, 0.3) is 0 Å². The summed E-state index contributed by atoms with van der Waals surface area (Å²) in [6.07, 6.45) is -0.286. The minimum Gasteiger partial charge on any atom is -0.318 e. The van der Waals surface area contributed by atoms with Gasteiger partial charge in [-0.1, -0.05) is 0 Å². The molecular weight excluding hydrogens is 189 g/mol. The summed E-state index contributed by atoms with van der Waals surface area (Å²) in [5.74, 6) is -0.586. The van der Waals surface area contributed by atoms with Gasteiger partial charge in [-0.15, -0.1) is 0 Å². The molecule has 13 heavy (non-hydrogen) atoms. The molecule has 0 bridgehead atoms. The van der Waals surface area contributed by atoms with E-state index in [1.165, 1.54) is 0 Å². The maximum absolute atomic E-state index is 12.0. The smallest absolute Gasteiger partial charge is 0.318 e. The average Bonchev–Trinajstić information content (AvgIpc) is 1.82. The van der Waals surface area contributed by atoms with Gasteiger partial charge in [-0.25, -0.2) is 0 Å². The van der Waals surface area contributed by atoms with Gasteiger partial charge >= 0.3 is 7.60 Å². The molecule has 4 nitrogen and oxygen atoms in total. The van der Waals surface area contributed by atoms with Crippen LogP contribution in [-0.2, 0) is 13.6 Å². The van der Waals surface area contributed by atoms with Crippen molar-refractivity contribution in [2.45, 2.75) is 52.6 Å². The van der Waals surface area contributed by atoms with Crippen molar-refractivity contribution in [3.8, 4) is 0 Å². The molecule has 0 aromatic rings. The molecule has 0 unspecified atom stereocenters. The van der Waals surface area contributed by atoms with E-state index >= 15 is 0 Å². The molecule has 0 saturated carbocycles. The van der Waals surface area contributed by atoms with E-state index in [2.05, 4.69) is 0 Å². The lowest BCUT2D eigenvalue weighted by atomic mass is 10.5. The van der Waals surface area contributed by atoms with E-state index in [0.717, 1.165) is 0 Å². The summed E-state index contributed by atoms with van der Waals surface area (Å²) in [6, 6.07) is 0. The molecule has 0 fully saturated rings. The van der Waals surface area contributed by atoms with Gasteiger partial charge in [0, 0.05) is 0 Å². The van der Waals surface area contributed by atoms with Crippen LogP contribution in [0.2, 0.25) is 0 Å². The van der Waals surface area contributed by atoms with E-state index < -0.39 is 13.4 Å². The first-order valence-electron chi connectivity index (χ1n) is 4.50. The van der Waals surface area contributed by atoms with Crippen molar-refractivity contribution < 1.29 is 13.6 Å². The van der Waals surface area contributed by atoms with Crippen LogP contribution in [0.5, 0.6) is 0 Å². The van der Waals surface area contributed by atoms with Gasteiger partial charge in [-0.2, -0.15) is 0 Å². The first kappa shape index (κ1) is 13.1. The van der Waals surface area contributed by atoms with Crippen LogP contribution < -0.4 is 5.73 Å². The Bertz CT molecular complexity index is 178. The minimum atomic E-state index is -3.13. The predicted molar refractivity (Wildman–Crippen MR) is 53.7 cm³/mol. The summed E-state index contributed by atoms with van der Waals surface area (Å²) in [5, 5.41) is 0. The maximum atomic E-state index is 12.0. The zero-order chi connectivity index (χ0) is 10.6. The number of rotatable bonds is 5. The molecule has 0 aliphatic rings. The van der Waals surface area contributed by atoms with Gasteiger partial charge in [0.2, 0.25) is 0 Å². The topological polar surface area (TPSA) is 61.5 Å². The van der Waals surface area contributed by atoms with Gasteiger partial charge < -0.3 is 14.8 Å². The van der Waals surface area contributed by atoms with E-state index in [9.17, 15) is 4.57 Å². The molecule has 5 heteroatoms. The summed E-state index contributed by atoms with van der Waals surface area (Å²) < 4.78 is 22.4. The molecule has 2 N–H and O–H groups in total. The molecule has 0 radical (unpaired) electrons. The van der Waals surface area contributed by atoms with E-state index in [4.69, 9.17) is 14.8 Å². The fourth-order valence-corrected chi connectivity index (χ4v) is 2.41. The van der Waals surface area contributed by atoms with Gasteiger partial charge in [0.05, 0.1) is 12.2 Å². The number of nitrogens with two attached hydrogens (primary N) is 1. The largest absolute Gasteiger partial charge is 0.347 e. The molecule has 0 heterocycles. The fourth-order valence-electron chi connectivity index (χ4n) is 0.805. The van der Waals surface area contributed by atoms with Crippen LogP contribution in [0.25, 0.3) is 0 Å². The second kappa shape index (κ2) is 5.11. The highest BCUT2D eigenvalue weighted by Gasteiger charge is 2.32. The second-order valence-electron chi connectivity index (χ2n) is 3.59. The van der Waals surface area contributed by atoms with Crippen molar-refractivity contribution in [1.82, 2.24) is 0 Å². The third-order valence-corrected chi connectivity index (χ3v) is 3.64. The molecule has 0 spiro atoms. The fraction of sp³-hybridized carbons (Fsp3) is 1.00. The molecule has 0 aromatic heterocycles. The summed E-state index contributed by atoms with van der Waals surface area (Å²) in [5.41, 5.74) is 5.55. The van der Waals surface area contributed by atoms with Crippen LogP contribution in [0.3, 0.4) is 0 Å². The zero-order valence-corrected chi connectivity index (χ0v) is 9.88. The number of hydrogen-bond donors (Lipinski definition) is 1. The molecule has 80 valence electrons. The second-order valence-corrected chi connectivity index (χ2v) is 5.90. The molecular formula is C8H20NO3P.